The molecule has 1 N–H and O–H groups in total. The van der Waals surface area contributed by atoms with Crippen molar-refractivity contribution in [2.24, 2.45) is 5.16 Å². The van der Waals surface area contributed by atoms with Gasteiger partial charge in [-0.3, -0.25) is 4.79 Å². The molecule has 7 nitrogen and oxygen atoms in total. The maximum Gasteiger partial charge on any atom is 0.265 e. The molecule has 0 radical (unpaired) electrons. The summed E-state index contributed by atoms with van der Waals surface area (Å²) in [5, 5.41) is 6.29. The number of hydrogen-bond donors (Lipinski definition) is 1. The SMILES string of the molecule is CCOc1ccc(/C=N\OCC(=O)Nc2cccc(S(C)(=O)=O)c2)cc1. The van der Waals surface area contributed by atoms with Crippen LogP contribution in [0.15, 0.2) is 58.6 Å². The monoisotopic (exact) mass is 376 g/mol. The van der Waals surface area contributed by atoms with Gasteiger partial charge in [-0.05, 0) is 55.0 Å². The summed E-state index contributed by atoms with van der Waals surface area (Å²) in [5.41, 5.74) is 1.17. The fourth-order valence-electron chi connectivity index (χ4n) is 2.01. The van der Waals surface area contributed by atoms with Crippen molar-refractivity contribution < 1.29 is 22.8 Å². The maximum absolute atomic E-state index is 11.8. The van der Waals surface area contributed by atoms with Gasteiger partial charge in [0.25, 0.3) is 5.91 Å². The molecule has 0 atom stereocenters. The first-order valence-corrected chi connectivity index (χ1v) is 9.76. The molecule has 0 saturated heterocycles. The number of hydrogen-bond acceptors (Lipinski definition) is 6. The minimum atomic E-state index is -3.33. The summed E-state index contributed by atoms with van der Waals surface area (Å²) >= 11 is 0. The van der Waals surface area contributed by atoms with Crippen molar-refractivity contribution in [3.8, 4) is 5.75 Å². The highest BCUT2D eigenvalue weighted by atomic mass is 32.2. The van der Waals surface area contributed by atoms with Crippen molar-refractivity contribution in [3.05, 3.63) is 54.1 Å². The van der Waals surface area contributed by atoms with Crippen molar-refractivity contribution in [2.45, 2.75) is 11.8 Å². The number of rotatable bonds is 8. The second-order valence-electron chi connectivity index (χ2n) is 5.36. The van der Waals surface area contributed by atoms with Crippen LogP contribution in [0.25, 0.3) is 0 Å². The van der Waals surface area contributed by atoms with Crippen LogP contribution in [0.5, 0.6) is 5.75 Å². The molecule has 0 aliphatic rings. The second kappa shape index (κ2) is 9.00. The van der Waals surface area contributed by atoms with E-state index >= 15 is 0 Å². The van der Waals surface area contributed by atoms with Crippen LogP contribution < -0.4 is 10.1 Å². The van der Waals surface area contributed by atoms with Gasteiger partial charge in [-0.25, -0.2) is 8.42 Å². The fourth-order valence-corrected chi connectivity index (χ4v) is 2.68. The predicted octanol–water partition coefficient (Wildman–Crippen LogP) is 2.48. The second-order valence-corrected chi connectivity index (χ2v) is 7.37. The Morgan fingerprint density at radius 2 is 1.92 bits per heavy atom. The molecule has 8 heteroatoms. The molecular weight excluding hydrogens is 356 g/mol. The van der Waals surface area contributed by atoms with Gasteiger partial charge in [-0.1, -0.05) is 11.2 Å². The zero-order valence-corrected chi connectivity index (χ0v) is 15.3. The largest absolute Gasteiger partial charge is 0.494 e. The summed E-state index contributed by atoms with van der Waals surface area (Å²) < 4.78 is 28.4. The van der Waals surface area contributed by atoms with E-state index in [1.54, 1.807) is 12.1 Å². The molecule has 2 aromatic carbocycles. The van der Waals surface area contributed by atoms with E-state index in [2.05, 4.69) is 10.5 Å². The predicted molar refractivity (Wildman–Crippen MR) is 99.3 cm³/mol. The van der Waals surface area contributed by atoms with Crippen LogP contribution in [0.1, 0.15) is 12.5 Å². The number of ether oxygens (including phenoxy) is 1. The van der Waals surface area contributed by atoms with Crippen LogP contribution in [0, 0.1) is 0 Å². The van der Waals surface area contributed by atoms with Crippen LogP contribution in [-0.2, 0) is 19.5 Å². The Bertz CT molecular complexity index is 877. The molecule has 0 heterocycles. The average Bonchev–Trinajstić information content (AvgIpc) is 2.60. The zero-order chi connectivity index (χ0) is 19.0. The van der Waals surface area contributed by atoms with E-state index < -0.39 is 15.7 Å². The third-order valence-electron chi connectivity index (χ3n) is 3.21. The molecule has 0 aromatic heterocycles. The number of amides is 1. The van der Waals surface area contributed by atoms with Crippen LogP contribution in [0.2, 0.25) is 0 Å². The standard InChI is InChI=1S/C18H20N2O5S/c1-3-24-16-9-7-14(8-10-16)12-19-25-13-18(21)20-15-5-4-6-17(11-15)26(2,22)23/h4-12H,3,13H2,1-2H3,(H,20,21)/b19-12-. The van der Waals surface area contributed by atoms with Crippen LogP contribution in [0.3, 0.4) is 0 Å². The summed E-state index contributed by atoms with van der Waals surface area (Å²) in [5.74, 6) is 0.320. The lowest BCUT2D eigenvalue weighted by molar-refractivity contribution is -0.120. The number of oxime groups is 1. The van der Waals surface area contributed by atoms with E-state index in [9.17, 15) is 13.2 Å². The van der Waals surface area contributed by atoms with E-state index in [-0.39, 0.29) is 11.5 Å². The van der Waals surface area contributed by atoms with E-state index in [1.807, 2.05) is 31.2 Å². The lowest BCUT2D eigenvalue weighted by Crippen LogP contribution is -2.17. The Morgan fingerprint density at radius 1 is 1.19 bits per heavy atom. The van der Waals surface area contributed by atoms with Gasteiger partial charge in [0, 0.05) is 11.9 Å². The van der Waals surface area contributed by atoms with Gasteiger partial charge < -0.3 is 14.9 Å². The first-order valence-electron chi connectivity index (χ1n) is 7.86. The van der Waals surface area contributed by atoms with Gasteiger partial charge in [0.15, 0.2) is 16.4 Å². The number of benzene rings is 2. The molecule has 2 aromatic rings. The summed E-state index contributed by atoms with van der Waals surface area (Å²) in [6, 6.07) is 13.2. The topological polar surface area (TPSA) is 94.1 Å². The lowest BCUT2D eigenvalue weighted by atomic mass is 10.2. The van der Waals surface area contributed by atoms with Crippen molar-refractivity contribution in [3.63, 3.8) is 0 Å². The Hall–Kier alpha value is -2.87. The van der Waals surface area contributed by atoms with Crippen molar-refractivity contribution in [1.29, 1.82) is 0 Å². The highest BCUT2D eigenvalue weighted by Gasteiger charge is 2.09. The first-order chi connectivity index (χ1) is 12.4. The molecule has 0 unspecified atom stereocenters. The van der Waals surface area contributed by atoms with Gasteiger partial charge in [-0.15, -0.1) is 0 Å². The number of anilines is 1. The van der Waals surface area contributed by atoms with Gasteiger partial charge in [0.2, 0.25) is 0 Å². The molecule has 0 spiro atoms. The fraction of sp³-hybridized carbons (Fsp3) is 0.222. The van der Waals surface area contributed by atoms with Gasteiger partial charge in [0.05, 0.1) is 17.7 Å². The minimum absolute atomic E-state index is 0.129. The smallest absolute Gasteiger partial charge is 0.265 e. The highest BCUT2D eigenvalue weighted by Crippen LogP contribution is 2.15. The van der Waals surface area contributed by atoms with Gasteiger partial charge in [0.1, 0.15) is 5.75 Å². The maximum atomic E-state index is 11.8. The quantitative estimate of drug-likeness (QED) is 0.564. The molecule has 26 heavy (non-hydrogen) atoms. The van der Waals surface area contributed by atoms with Crippen molar-refractivity contribution >= 4 is 27.6 Å². The molecule has 0 saturated carbocycles. The average molecular weight is 376 g/mol. The van der Waals surface area contributed by atoms with Crippen LogP contribution in [0.4, 0.5) is 5.69 Å². The number of nitrogens with one attached hydrogen (secondary N) is 1. The van der Waals surface area contributed by atoms with Gasteiger partial charge >= 0.3 is 0 Å². The van der Waals surface area contributed by atoms with Crippen molar-refractivity contribution in [1.82, 2.24) is 0 Å². The zero-order valence-electron chi connectivity index (χ0n) is 14.5. The number of sulfone groups is 1. The summed E-state index contributed by atoms with van der Waals surface area (Å²) in [6.45, 7) is 2.21. The third-order valence-corrected chi connectivity index (χ3v) is 4.32. The Morgan fingerprint density at radius 3 is 2.58 bits per heavy atom. The van der Waals surface area contributed by atoms with E-state index in [0.29, 0.717) is 12.3 Å². The van der Waals surface area contributed by atoms with E-state index in [0.717, 1.165) is 17.6 Å². The Labute approximate surface area is 152 Å². The number of carbonyl (C=O) groups excluding carboxylic acids is 1. The molecule has 0 aliphatic carbocycles. The molecule has 0 fully saturated rings. The lowest BCUT2D eigenvalue weighted by Gasteiger charge is -2.06. The number of carbonyl (C=O) groups is 1. The summed E-state index contributed by atoms with van der Waals surface area (Å²) in [4.78, 5) is 16.9. The molecule has 0 aliphatic heterocycles. The first kappa shape index (κ1) is 19.5. The third kappa shape index (κ3) is 6.21. The highest BCUT2D eigenvalue weighted by molar-refractivity contribution is 7.90. The minimum Gasteiger partial charge on any atom is -0.494 e. The Balaban J connectivity index is 1.83. The molecular formula is C18H20N2O5S. The summed E-state index contributed by atoms with van der Waals surface area (Å²) in [7, 11) is -3.33. The molecule has 2 rings (SSSR count). The normalized spacial score (nSPS) is 11.3. The molecule has 0 bridgehead atoms. The molecule has 138 valence electrons. The van der Waals surface area contributed by atoms with Crippen LogP contribution >= 0.6 is 0 Å². The summed E-state index contributed by atoms with van der Waals surface area (Å²) in [6.07, 6.45) is 2.58. The van der Waals surface area contributed by atoms with E-state index in [4.69, 9.17) is 9.57 Å². The van der Waals surface area contributed by atoms with Crippen molar-refractivity contribution in [2.75, 3.05) is 24.8 Å². The van der Waals surface area contributed by atoms with E-state index in [1.165, 1.54) is 18.3 Å². The number of nitrogens with zero attached hydrogens (tertiary/aromatic N) is 1. The van der Waals surface area contributed by atoms with Gasteiger partial charge in [-0.2, -0.15) is 0 Å². The Kier molecular flexibility index (Phi) is 6.74. The van der Waals surface area contributed by atoms with Crippen LogP contribution in [-0.4, -0.2) is 40.0 Å². The molecule has 1 amide bonds.